The van der Waals surface area contributed by atoms with Crippen LogP contribution in [0.3, 0.4) is 0 Å². The molecule has 0 amide bonds. The predicted molar refractivity (Wildman–Crippen MR) is 65.5 cm³/mol. The summed E-state index contributed by atoms with van der Waals surface area (Å²) in [6, 6.07) is 7.06. The van der Waals surface area contributed by atoms with Crippen molar-refractivity contribution in [1.82, 2.24) is 0 Å². The third-order valence-electron chi connectivity index (χ3n) is 2.51. The Morgan fingerprint density at radius 3 is 2.40 bits per heavy atom. The molecule has 0 saturated heterocycles. The van der Waals surface area contributed by atoms with Gasteiger partial charge in [-0.05, 0) is 17.7 Å². The molecule has 0 spiro atoms. The average Bonchev–Trinajstić information content (AvgIpc) is 2.38. The quantitative estimate of drug-likeness (QED) is 0.690. The van der Waals surface area contributed by atoms with E-state index < -0.39 is 28.0 Å². The molecular weight excluding hydrogens is 272 g/mol. The number of aliphatic hydroxyl groups is 1. The van der Waals surface area contributed by atoms with E-state index in [9.17, 15) is 18.9 Å². The summed E-state index contributed by atoms with van der Waals surface area (Å²) in [6.45, 7) is -0.172. The fourth-order valence-electron chi connectivity index (χ4n) is 1.59. The Balaban J connectivity index is 2.39. The van der Waals surface area contributed by atoms with Gasteiger partial charge in [0.1, 0.15) is 11.6 Å². The molecule has 0 aromatic heterocycles. The number of ether oxygens (including phenoxy) is 1. The number of rotatable bonds is 4. The molecule has 5 nitrogen and oxygen atoms in total. The third kappa shape index (κ3) is 2.89. The van der Waals surface area contributed by atoms with Gasteiger partial charge in [0.05, 0.1) is 11.5 Å². The molecule has 0 fully saturated rings. The summed E-state index contributed by atoms with van der Waals surface area (Å²) in [6.07, 6.45) is 0. The highest BCUT2D eigenvalue weighted by Gasteiger charge is 2.23. The summed E-state index contributed by atoms with van der Waals surface area (Å²) in [7, 11) is 0. The van der Waals surface area contributed by atoms with Crippen molar-refractivity contribution in [2.75, 3.05) is 0 Å². The molecule has 20 heavy (non-hydrogen) atoms. The number of aliphatic hydroxyl groups excluding tert-OH is 1. The van der Waals surface area contributed by atoms with E-state index in [0.717, 1.165) is 6.07 Å². The van der Waals surface area contributed by atoms with Gasteiger partial charge in [0.15, 0.2) is 0 Å². The van der Waals surface area contributed by atoms with E-state index >= 15 is 0 Å². The zero-order valence-corrected chi connectivity index (χ0v) is 10.0. The maximum absolute atomic E-state index is 13.4. The molecule has 0 aliphatic rings. The maximum Gasteiger partial charge on any atom is 0.347 e. The van der Waals surface area contributed by atoms with Gasteiger partial charge in [-0.3, -0.25) is 10.1 Å². The second-order valence-electron chi connectivity index (χ2n) is 3.90. The fraction of sp³-hybridized carbons (Fsp3) is 0.0769. The molecule has 104 valence electrons. The summed E-state index contributed by atoms with van der Waals surface area (Å²) < 4.78 is 31.6. The normalized spacial score (nSPS) is 10.3. The zero-order valence-electron chi connectivity index (χ0n) is 10.0. The van der Waals surface area contributed by atoms with Crippen LogP contribution in [0.5, 0.6) is 11.5 Å². The smallest absolute Gasteiger partial charge is 0.347 e. The number of nitro groups is 1. The standard InChI is InChI=1S/C13H9F2NO4/c14-9-5-11(15)13(16(18)19)12(6-9)20-10-3-1-8(7-17)2-4-10/h1-6,17H,7H2. The molecule has 2 rings (SSSR count). The van der Waals surface area contributed by atoms with Crippen molar-refractivity contribution >= 4 is 5.69 Å². The number of hydrogen-bond donors (Lipinski definition) is 1. The van der Waals surface area contributed by atoms with Crippen LogP contribution >= 0.6 is 0 Å². The van der Waals surface area contributed by atoms with Gasteiger partial charge >= 0.3 is 5.69 Å². The molecule has 0 saturated carbocycles. The molecule has 0 unspecified atom stereocenters. The van der Waals surface area contributed by atoms with Crippen LogP contribution in [0.2, 0.25) is 0 Å². The molecule has 2 aromatic rings. The number of nitrogens with zero attached hydrogens (tertiary/aromatic N) is 1. The number of halogens is 2. The van der Waals surface area contributed by atoms with Gasteiger partial charge in [-0.15, -0.1) is 0 Å². The summed E-state index contributed by atoms with van der Waals surface area (Å²) in [4.78, 5) is 9.79. The minimum atomic E-state index is -1.31. The lowest BCUT2D eigenvalue weighted by Crippen LogP contribution is -1.98. The van der Waals surface area contributed by atoms with Crippen molar-refractivity contribution in [3.63, 3.8) is 0 Å². The zero-order chi connectivity index (χ0) is 14.7. The molecule has 1 N–H and O–H groups in total. The number of benzene rings is 2. The van der Waals surface area contributed by atoms with Crippen LogP contribution in [0.25, 0.3) is 0 Å². The SMILES string of the molecule is O=[N+]([O-])c1c(F)cc(F)cc1Oc1ccc(CO)cc1. The van der Waals surface area contributed by atoms with E-state index in [1.54, 1.807) is 0 Å². The predicted octanol–water partition coefficient (Wildman–Crippen LogP) is 3.16. The lowest BCUT2D eigenvalue weighted by atomic mass is 10.2. The Kier molecular flexibility index (Phi) is 3.90. The van der Waals surface area contributed by atoms with Crippen LogP contribution in [0.15, 0.2) is 36.4 Å². The second kappa shape index (κ2) is 5.62. The fourth-order valence-corrected chi connectivity index (χ4v) is 1.59. The van der Waals surface area contributed by atoms with E-state index in [-0.39, 0.29) is 12.4 Å². The van der Waals surface area contributed by atoms with E-state index in [2.05, 4.69) is 0 Å². The van der Waals surface area contributed by atoms with Crippen molar-refractivity contribution in [2.45, 2.75) is 6.61 Å². The molecular formula is C13H9F2NO4. The third-order valence-corrected chi connectivity index (χ3v) is 2.51. The Morgan fingerprint density at radius 1 is 1.20 bits per heavy atom. The minimum absolute atomic E-state index is 0.162. The summed E-state index contributed by atoms with van der Waals surface area (Å²) in [5, 5.41) is 19.7. The van der Waals surface area contributed by atoms with Crippen molar-refractivity contribution in [1.29, 1.82) is 0 Å². The highest BCUT2D eigenvalue weighted by molar-refractivity contribution is 5.49. The van der Waals surface area contributed by atoms with Crippen LogP contribution in [-0.4, -0.2) is 10.0 Å². The molecule has 0 bridgehead atoms. The van der Waals surface area contributed by atoms with Crippen LogP contribution in [0.4, 0.5) is 14.5 Å². The first-order chi connectivity index (χ1) is 9.51. The molecule has 7 heteroatoms. The first kappa shape index (κ1) is 13.9. The molecule has 0 heterocycles. The number of nitro benzene ring substituents is 1. The van der Waals surface area contributed by atoms with E-state index in [1.165, 1.54) is 24.3 Å². The van der Waals surface area contributed by atoms with Gasteiger partial charge in [-0.2, -0.15) is 4.39 Å². The van der Waals surface area contributed by atoms with Crippen molar-refractivity contribution < 1.29 is 23.5 Å². The highest BCUT2D eigenvalue weighted by atomic mass is 19.1. The van der Waals surface area contributed by atoms with Gasteiger partial charge in [0.2, 0.25) is 11.6 Å². The minimum Gasteiger partial charge on any atom is -0.450 e. The second-order valence-corrected chi connectivity index (χ2v) is 3.90. The highest BCUT2D eigenvalue weighted by Crippen LogP contribution is 2.34. The maximum atomic E-state index is 13.4. The van der Waals surface area contributed by atoms with Gasteiger partial charge in [-0.25, -0.2) is 4.39 Å². The van der Waals surface area contributed by atoms with Crippen molar-refractivity contribution in [2.24, 2.45) is 0 Å². The Bertz CT molecular complexity index is 644. The van der Waals surface area contributed by atoms with Gasteiger partial charge in [0, 0.05) is 12.1 Å². The molecule has 0 aliphatic heterocycles. The van der Waals surface area contributed by atoms with Gasteiger partial charge < -0.3 is 9.84 Å². The Labute approximate surface area is 112 Å². The van der Waals surface area contributed by atoms with E-state index in [0.29, 0.717) is 11.6 Å². The van der Waals surface area contributed by atoms with Gasteiger partial charge in [0.25, 0.3) is 0 Å². The first-order valence-electron chi connectivity index (χ1n) is 5.52. The van der Waals surface area contributed by atoms with Crippen molar-refractivity contribution in [3.05, 3.63) is 63.7 Å². The summed E-state index contributed by atoms with van der Waals surface area (Å²) in [5.41, 5.74) is -0.324. The molecule has 2 aromatic carbocycles. The van der Waals surface area contributed by atoms with Crippen LogP contribution in [0, 0.1) is 21.7 Å². The molecule has 0 radical (unpaired) electrons. The monoisotopic (exact) mass is 281 g/mol. The van der Waals surface area contributed by atoms with Crippen LogP contribution < -0.4 is 4.74 Å². The topological polar surface area (TPSA) is 72.6 Å². The van der Waals surface area contributed by atoms with Crippen LogP contribution in [-0.2, 0) is 6.61 Å². The summed E-state index contributed by atoms with van der Waals surface area (Å²) >= 11 is 0. The Morgan fingerprint density at radius 2 is 1.85 bits per heavy atom. The number of hydrogen-bond acceptors (Lipinski definition) is 4. The van der Waals surface area contributed by atoms with Crippen LogP contribution in [0.1, 0.15) is 5.56 Å². The van der Waals surface area contributed by atoms with Gasteiger partial charge in [-0.1, -0.05) is 12.1 Å². The largest absolute Gasteiger partial charge is 0.450 e. The lowest BCUT2D eigenvalue weighted by molar-refractivity contribution is -0.388. The molecule has 0 atom stereocenters. The van der Waals surface area contributed by atoms with E-state index in [4.69, 9.17) is 9.84 Å². The van der Waals surface area contributed by atoms with E-state index in [1.807, 2.05) is 0 Å². The lowest BCUT2D eigenvalue weighted by Gasteiger charge is -2.07. The average molecular weight is 281 g/mol. The molecule has 0 aliphatic carbocycles. The summed E-state index contributed by atoms with van der Waals surface area (Å²) in [5.74, 6) is -2.65. The van der Waals surface area contributed by atoms with Crippen molar-refractivity contribution in [3.8, 4) is 11.5 Å². The first-order valence-corrected chi connectivity index (χ1v) is 5.52. The Hall–Kier alpha value is -2.54.